The fourth-order valence-electron chi connectivity index (χ4n) is 4.68. The zero-order valence-electron chi connectivity index (χ0n) is 20.5. The molecule has 0 saturated heterocycles. The monoisotopic (exact) mass is 478 g/mol. The van der Waals surface area contributed by atoms with Crippen LogP contribution in [-0.4, -0.2) is 32.0 Å². The van der Waals surface area contributed by atoms with E-state index in [9.17, 15) is 8.42 Å². The Morgan fingerprint density at radius 3 is 2.62 bits per heavy atom. The second-order valence-corrected chi connectivity index (χ2v) is 11.9. The quantitative estimate of drug-likeness (QED) is 0.410. The van der Waals surface area contributed by atoms with Gasteiger partial charge in [-0.25, -0.2) is 13.4 Å². The van der Waals surface area contributed by atoms with Crippen LogP contribution in [0.4, 0.5) is 5.82 Å². The summed E-state index contributed by atoms with van der Waals surface area (Å²) in [7, 11) is -2.94. The Morgan fingerprint density at radius 1 is 1.06 bits per heavy atom. The number of hydrogen-bond donors (Lipinski definition) is 1. The molecule has 1 aliphatic rings. The van der Waals surface area contributed by atoms with Gasteiger partial charge < -0.3 is 10.1 Å². The molecule has 0 amide bonds. The largest absolute Gasteiger partial charge is 0.489 e. The molecule has 0 aliphatic heterocycles. The van der Waals surface area contributed by atoms with Crippen molar-refractivity contribution in [1.82, 2.24) is 4.98 Å². The fraction of sp³-hybridized carbons (Fsp3) is 0.393. The Labute approximate surface area is 203 Å². The Morgan fingerprint density at radius 2 is 1.85 bits per heavy atom. The van der Waals surface area contributed by atoms with Crippen molar-refractivity contribution in [2.75, 3.05) is 23.9 Å². The van der Waals surface area contributed by atoms with E-state index in [0.717, 1.165) is 46.2 Å². The molecule has 1 aromatic heterocycles. The van der Waals surface area contributed by atoms with Gasteiger partial charge in [-0.05, 0) is 90.6 Å². The van der Waals surface area contributed by atoms with E-state index >= 15 is 0 Å². The lowest BCUT2D eigenvalue weighted by Crippen LogP contribution is -2.10. The Hall–Kier alpha value is -2.86. The van der Waals surface area contributed by atoms with Gasteiger partial charge in [0, 0.05) is 24.6 Å². The molecule has 4 rings (SSSR count). The average Bonchev–Trinajstić information content (AvgIpc) is 3.15. The summed E-state index contributed by atoms with van der Waals surface area (Å²) in [5, 5.41) is 3.23. The molecule has 1 aliphatic carbocycles. The maximum atomic E-state index is 11.3. The van der Waals surface area contributed by atoms with Crippen LogP contribution in [0.2, 0.25) is 0 Å². The minimum absolute atomic E-state index is 0.176. The van der Waals surface area contributed by atoms with Gasteiger partial charge in [-0.1, -0.05) is 31.2 Å². The predicted molar refractivity (Wildman–Crippen MR) is 139 cm³/mol. The van der Waals surface area contributed by atoms with E-state index in [2.05, 4.69) is 67.5 Å². The van der Waals surface area contributed by atoms with E-state index in [1.807, 2.05) is 12.3 Å². The van der Waals surface area contributed by atoms with Crippen LogP contribution in [-0.2, 0) is 29.3 Å². The lowest BCUT2D eigenvalue weighted by Gasteiger charge is -2.15. The molecule has 1 unspecified atom stereocenters. The molecule has 34 heavy (non-hydrogen) atoms. The highest BCUT2D eigenvalue weighted by Crippen LogP contribution is 2.32. The van der Waals surface area contributed by atoms with Crippen LogP contribution >= 0.6 is 0 Å². The van der Waals surface area contributed by atoms with Crippen molar-refractivity contribution in [2.45, 2.75) is 46.6 Å². The standard InChI is InChI=1S/C28H34N2O3S/c1-19-13-22-9-10-25(16-24(22)14-19)33-18-23-7-5-8-26(21(23)3)27-17-30-28(15-20(27)2)29-11-6-12-34(4,31)32/h5,7-10,15-17,19H,6,11-14,18H2,1-4H3,(H,29,30). The molecule has 5 nitrogen and oxygen atoms in total. The predicted octanol–water partition coefficient (Wildman–Crippen LogP) is 5.53. The van der Waals surface area contributed by atoms with E-state index in [1.54, 1.807) is 0 Å². The SMILES string of the molecule is Cc1cc(NCCCS(C)(=O)=O)ncc1-c1cccc(COc2ccc3c(c2)CC(C)C3)c1C. The number of nitrogens with zero attached hydrogens (tertiary/aromatic N) is 1. The minimum Gasteiger partial charge on any atom is -0.489 e. The molecule has 0 bridgehead atoms. The third kappa shape index (κ3) is 5.98. The number of nitrogens with one attached hydrogen (secondary N) is 1. The van der Waals surface area contributed by atoms with Gasteiger partial charge >= 0.3 is 0 Å². The number of hydrogen-bond acceptors (Lipinski definition) is 5. The van der Waals surface area contributed by atoms with Crippen molar-refractivity contribution in [3.63, 3.8) is 0 Å². The first kappa shape index (κ1) is 24.3. The van der Waals surface area contributed by atoms with Crippen LogP contribution in [0.15, 0.2) is 48.7 Å². The second-order valence-electron chi connectivity index (χ2n) is 9.62. The van der Waals surface area contributed by atoms with Gasteiger partial charge in [0.2, 0.25) is 0 Å². The van der Waals surface area contributed by atoms with Crippen LogP contribution < -0.4 is 10.1 Å². The molecule has 0 spiro atoms. The molecule has 0 fully saturated rings. The molecule has 6 heteroatoms. The maximum absolute atomic E-state index is 11.3. The number of aromatic nitrogens is 1. The van der Waals surface area contributed by atoms with Gasteiger partial charge in [-0.3, -0.25) is 0 Å². The minimum atomic E-state index is -2.94. The Balaban J connectivity index is 1.44. The smallest absolute Gasteiger partial charge is 0.147 e. The van der Waals surface area contributed by atoms with Gasteiger partial charge in [0.1, 0.15) is 28.0 Å². The van der Waals surface area contributed by atoms with Gasteiger partial charge in [0.15, 0.2) is 0 Å². The first-order valence-electron chi connectivity index (χ1n) is 11.9. The number of pyridine rings is 1. The maximum Gasteiger partial charge on any atom is 0.147 e. The molecule has 1 heterocycles. The summed E-state index contributed by atoms with van der Waals surface area (Å²) in [4.78, 5) is 4.56. The fourth-order valence-corrected chi connectivity index (χ4v) is 5.35. The van der Waals surface area contributed by atoms with Gasteiger partial charge in [-0.15, -0.1) is 0 Å². The number of ether oxygens (including phenoxy) is 1. The van der Waals surface area contributed by atoms with Crippen molar-refractivity contribution in [3.8, 4) is 16.9 Å². The molecular weight excluding hydrogens is 444 g/mol. The average molecular weight is 479 g/mol. The van der Waals surface area contributed by atoms with E-state index in [-0.39, 0.29) is 5.75 Å². The molecule has 2 aromatic carbocycles. The van der Waals surface area contributed by atoms with E-state index in [4.69, 9.17) is 4.74 Å². The van der Waals surface area contributed by atoms with E-state index in [1.165, 1.54) is 29.4 Å². The highest BCUT2D eigenvalue weighted by Gasteiger charge is 2.18. The van der Waals surface area contributed by atoms with Crippen LogP contribution in [0.1, 0.15) is 41.2 Å². The summed E-state index contributed by atoms with van der Waals surface area (Å²) in [5.41, 5.74) is 8.58. The molecule has 180 valence electrons. The van der Waals surface area contributed by atoms with Crippen molar-refractivity contribution in [3.05, 3.63) is 76.5 Å². The lowest BCUT2D eigenvalue weighted by molar-refractivity contribution is 0.305. The number of aryl methyl sites for hydroxylation is 1. The molecular formula is C28H34N2O3S. The highest BCUT2D eigenvalue weighted by atomic mass is 32.2. The first-order valence-corrected chi connectivity index (χ1v) is 14.0. The number of fused-ring (bicyclic) bond motifs is 1. The number of anilines is 1. The Kier molecular flexibility index (Phi) is 7.27. The summed E-state index contributed by atoms with van der Waals surface area (Å²) >= 11 is 0. The van der Waals surface area contributed by atoms with Crippen molar-refractivity contribution >= 4 is 15.7 Å². The summed E-state index contributed by atoms with van der Waals surface area (Å²) in [6.45, 7) is 7.61. The summed E-state index contributed by atoms with van der Waals surface area (Å²) < 4.78 is 28.8. The van der Waals surface area contributed by atoms with Crippen molar-refractivity contribution in [2.24, 2.45) is 5.92 Å². The summed E-state index contributed by atoms with van der Waals surface area (Å²) in [6, 6.07) is 14.8. The molecule has 3 aromatic rings. The second kappa shape index (κ2) is 10.2. The van der Waals surface area contributed by atoms with E-state index < -0.39 is 9.84 Å². The molecule has 1 atom stereocenters. The number of sulfone groups is 1. The Bertz CT molecular complexity index is 1280. The van der Waals surface area contributed by atoms with Crippen LogP contribution in [0, 0.1) is 19.8 Å². The summed E-state index contributed by atoms with van der Waals surface area (Å²) in [6.07, 6.45) is 6.02. The zero-order chi connectivity index (χ0) is 24.3. The molecule has 0 saturated carbocycles. The van der Waals surface area contributed by atoms with E-state index in [0.29, 0.717) is 19.6 Å². The zero-order valence-corrected chi connectivity index (χ0v) is 21.3. The van der Waals surface area contributed by atoms with Crippen LogP contribution in [0.25, 0.3) is 11.1 Å². The van der Waals surface area contributed by atoms with Gasteiger partial charge in [-0.2, -0.15) is 0 Å². The third-order valence-corrected chi connectivity index (χ3v) is 7.58. The van der Waals surface area contributed by atoms with Crippen molar-refractivity contribution < 1.29 is 13.2 Å². The lowest BCUT2D eigenvalue weighted by atomic mass is 9.95. The number of rotatable bonds is 9. The topological polar surface area (TPSA) is 68.3 Å². The number of benzene rings is 2. The van der Waals surface area contributed by atoms with Gasteiger partial charge in [0.25, 0.3) is 0 Å². The third-order valence-electron chi connectivity index (χ3n) is 6.55. The molecule has 1 N–H and O–H groups in total. The van der Waals surface area contributed by atoms with Crippen LogP contribution in [0.3, 0.4) is 0 Å². The normalized spacial score (nSPS) is 15.2. The highest BCUT2D eigenvalue weighted by molar-refractivity contribution is 7.90. The van der Waals surface area contributed by atoms with Crippen LogP contribution in [0.5, 0.6) is 5.75 Å². The first-order chi connectivity index (χ1) is 16.2. The van der Waals surface area contributed by atoms with Gasteiger partial charge in [0.05, 0.1) is 5.75 Å². The van der Waals surface area contributed by atoms with Crippen molar-refractivity contribution in [1.29, 1.82) is 0 Å². The summed E-state index contributed by atoms with van der Waals surface area (Å²) in [5.74, 6) is 2.59. The molecule has 0 radical (unpaired) electrons.